The number of amides is 2. The molecule has 0 bridgehead atoms. The number of rotatable bonds is 3. The molecule has 2 rings (SSSR count). The Morgan fingerprint density at radius 2 is 2.11 bits per heavy atom. The van der Waals surface area contributed by atoms with Crippen LogP contribution in [-0.4, -0.2) is 55.4 Å². The second-order valence-corrected chi connectivity index (χ2v) is 7.63. The van der Waals surface area contributed by atoms with Crippen LogP contribution in [0, 0.1) is 0 Å². The molecule has 2 aliphatic heterocycles. The van der Waals surface area contributed by atoms with Gasteiger partial charge in [0.05, 0.1) is 0 Å². The van der Waals surface area contributed by atoms with E-state index in [1.807, 2.05) is 0 Å². The van der Waals surface area contributed by atoms with E-state index in [1.54, 1.807) is 13.8 Å². The van der Waals surface area contributed by atoms with E-state index in [1.165, 1.54) is 23.6 Å². The van der Waals surface area contributed by atoms with E-state index in [0.717, 1.165) is 0 Å². The van der Waals surface area contributed by atoms with Gasteiger partial charge in [-0.3, -0.25) is 9.59 Å². The molecule has 2 N–H and O–H groups in total. The summed E-state index contributed by atoms with van der Waals surface area (Å²) in [6.07, 6.45) is 0. The predicted octanol–water partition coefficient (Wildman–Crippen LogP) is 0.245. The third-order valence-electron chi connectivity index (χ3n) is 3.33. The van der Waals surface area contributed by atoms with Crippen molar-refractivity contribution in [3.05, 3.63) is 0 Å². The van der Waals surface area contributed by atoms with Crippen molar-refractivity contribution in [1.29, 1.82) is 0 Å². The van der Waals surface area contributed by atoms with Crippen LogP contribution in [0.1, 0.15) is 20.8 Å². The molecule has 2 saturated heterocycles. The van der Waals surface area contributed by atoms with Crippen molar-refractivity contribution >= 4 is 41.1 Å². The van der Waals surface area contributed by atoms with Gasteiger partial charge in [0.15, 0.2) is 0 Å². The molecule has 0 aromatic heterocycles. The summed E-state index contributed by atoms with van der Waals surface area (Å²) in [4.78, 5) is 36.1. The highest BCUT2D eigenvalue weighted by molar-refractivity contribution is 8.01. The van der Waals surface area contributed by atoms with Crippen LogP contribution in [-0.2, 0) is 14.4 Å². The number of alkyl halides is 1. The zero-order valence-electron chi connectivity index (χ0n) is 10.7. The minimum Gasteiger partial charge on any atom is -0.480 e. The Labute approximate surface area is 119 Å². The summed E-state index contributed by atoms with van der Waals surface area (Å²) in [7, 11) is 0. The molecule has 0 spiro atoms. The van der Waals surface area contributed by atoms with E-state index >= 15 is 0 Å². The first-order valence-corrected chi connectivity index (χ1v) is 7.15. The number of thioether (sulfide) groups is 1. The smallest absolute Gasteiger partial charge is 0.327 e. The van der Waals surface area contributed by atoms with Crippen LogP contribution in [0.15, 0.2) is 0 Å². The molecule has 4 atom stereocenters. The van der Waals surface area contributed by atoms with Crippen molar-refractivity contribution < 1.29 is 19.5 Å². The Hall–Kier alpha value is -0.950. The molecule has 2 amide bonds. The van der Waals surface area contributed by atoms with E-state index in [0.29, 0.717) is 0 Å². The Morgan fingerprint density at radius 3 is 2.58 bits per heavy atom. The van der Waals surface area contributed by atoms with E-state index in [4.69, 9.17) is 11.6 Å². The maximum atomic E-state index is 12.0. The van der Waals surface area contributed by atoms with Gasteiger partial charge in [-0.25, -0.2) is 4.79 Å². The molecule has 0 aliphatic carbocycles. The number of fused-ring (bicyclic) bond motifs is 1. The largest absolute Gasteiger partial charge is 0.480 e. The number of halogens is 1. The summed E-state index contributed by atoms with van der Waals surface area (Å²) < 4.78 is -0.585. The van der Waals surface area contributed by atoms with Gasteiger partial charge in [-0.1, -0.05) is 0 Å². The van der Waals surface area contributed by atoms with Gasteiger partial charge in [0.25, 0.3) is 0 Å². The van der Waals surface area contributed by atoms with Crippen LogP contribution < -0.4 is 5.32 Å². The second-order valence-electron chi connectivity index (χ2n) is 5.20. The van der Waals surface area contributed by atoms with Crippen molar-refractivity contribution in [1.82, 2.24) is 10.2 Å². The molecule has 2 heterocycles. The average molecular weight is 307 g/mol. The number of nitrogens with zero attached hydrogens (tertiary/aromatic N) is 1. The fourth-order valence-corrected chi connectivity index (χ4v) is 4.10. The van der Waals surface area contributed by atoms with Crippen LogP contribution in [0.25, 0.3) is 0 Å². The maximum absolute atomic E-state index is 12.0. The van der Waals surface area contributed by atoms with E-state index in [9.17, 15) is 19.5 Å². The fraction of sp³-hybridized carbons (Fsp3) is 0.727. The number of aliphatic carboxylic acids is 1. The summed E-state index contributed by atoms with van der Waals surface area (Å²) in [5, 5.41) is 10.7. The molecular formula is C11H15ClN2O4S. The number of hydrogen-bond acceptors (Lipinski definition) is 4. The van der Waals surface area contributed by atoms with Gasteiger partial charge in [0.2, 0.25) is 11.8 Å². The SMILES string of the molecule is CC(Cl)C(=O)N[C@@H]1C(=O)N2[C@@H]1SC(C)(C)[C@@H]2C(=O)O. The molecule has 2 fully saturated rings. The lowest BCUT2D eigenvalue weighted by atomic mass is 9.96. The second kappa shape index (κ2) is 4.56. The standard InChI is InChI=1S/C11H15ClN2O4S/c1-4(12)7(15)13-5-8(16)14-6(10(17)18)11(2,3)19-9(5)14/h4-6,9H,1-3H3,(H,13,15)(H,17,18)/t4?,5-,6+,9-/m1/s1. The van der Waals surface area contributed by atoms with Crippen LogP contribution in [0.4, 0.5) is 0 Å². The van der Waals surface area contributed by atoms with Gasteiger partial charge in [-0.15, -0.1) is 23.4 Å². The summed E-state index contributed by atoms with van der Waals surface area (Å²) >= 11 is 7.03. The molecule has 0 radical (unpaired) electrons. The van der Waals surface area contributed by atoms with Crippen LogP contribution >= 0.6 is 23.4 Å². The molecule has 0 saturated carbocycles. The lowest BCUT2D eigenvalue weighted by Gasteiger charge is -2.43. The number of carboxylic acid groups (broad SMARTS) is 1. The molecule has 106 valence electrons. The van der Waals surface area contributed by atoms with Gasteiger partial charge in [-0.05, 0) is 20.8 Å². The van der Waals surface area contributed by atoms with Crippen molar-refractivity contribution in [2.45, 2.75) is 48.4 Å². The molecule has 19 heavy (non-hydrogen) atoms. The van der Waals surface area contributed by atoms with Gasteiger partial charge in [-0.2, -0.15) is 0 Å². The molecule has 1 unspecified atom stereocenters. The van der Waals surface area contributed by atoms with Gasteiger partial charge in [0, 0.05) is 4.75 Å². The number of β-lactam (4-membered cyclic amide) rings is 1. The van der Waals surface area contributed by atoms with E-state index in [-0.39, 0.29) is 11.3 Å². The topological polar surface area (TPSA) is 86.7 Å². The van der Waals surface area contributed by atoms with Crippen molar-refractivity contribution in [2.75, 3.05) is 0 Å². The van der Waals surface area contributed by atoms with Crippen molar-refractivity contribution in [3.8, 4) is 0 Å². The van der Waals surface area contributed by atoms with Crippen molar-refractivity contribution in [3.63, 3.8) is 0 Å². The van der Waals surface area contributed by atoms with Crippen molar-refractivity contribution in [2.24, 2.45) is 0 Å². The third kappa shape index (κ3) is 2.18. The molecule has 6 nitrogen and oxygen atoms in total. The average Bonchev–Trinajstić information content (AvgIpc) is 2.54. The molecule has 0 aromatic carbocycles. The van der Waals surface area contributed by atoms with Crippen LogP contribution in [0.3, 0.4) is 0 Å². The highest BCUT2D eigenvalue weighted by Gasteiger charge is 2.64. The fourth-order valence-electron chi connectivity index (χ4n) is 2.41. The number of carboxylic acids is 1. The Kier molecular flexibility index (Phi) is 3.47. The monoisotopic (exact) mass is 306 g/mol. The number of hydrogen-bond donors (Lipinski definition) is 2. The summed E-state index contributed by atoms with van der Waals surface area (Å²) in [5.41, 5.74) is 0. The number of nitrogens with one attached hydrogen (secondary N) is 1. The Bertz CT molecular complexity index is 454. The van der Waals surface area contributed by atoms with Gasteiger partial charge >= 0.3 is 5.97 Å². The summed E-state index contributed by atoms with van der Waals surface area (Å²) in [6, 6.07) is -1.54. The lowest BCUT2D eigenvalue weighted by molar-refractivity contribution is -0.161. The zero-order chi connectivity index (χ0) is 14.5. The highest BCUT2D eigenvalue weighted by atomic mass is 35.5. The van der Waals surface area contributed by atoms with Crippen LogP contribution in [0.5, 0.6) is 0 Å². The summed E-state index contributed by atoms with van der Waals surface area (Å²) in [5.74, 6) is -1.80. The zero-order valence-corrected chi connectivity index (χ0v) is 12.3. The first kappa shape index (κ1) is 14.5. The first-order chi connectivity index (χ1) is 8.66. The molecule has 8 heteroatoms. The highest BCUT2D eigenvalue weighted by Crippen LogP contribution is 2.50. The maximum Gasteiger partial charge on any atom is 0.327 e. The minimum absolute atomic E-state index is 0.331. The Balaban J connectivity index is 2.15. The first-order valence-electron chi connectivity index (χ1n) is 5.84. The minimum atomic E-state index is -1.02. The quantitative estimate of drug-likeness (QED) is 0.576. The van der Waals surface area contributed by atoms with Gasteiger partial charge in [0.1, 0.15) is 22.8 Å². The molecular weight excluding hydrogens is 292 g/mol. The predicted molar refractivity (Wildman–Crippen MR) is 71.0 cm³/mol. The van der Waals surface area contributed by atoms with Crippen LogP contribution in [0.2, 0.25) is 0 Å². The summed E-state index contributed by atoms with van der Waals surface area (Å²) in [6.45, 7) is 5.08. The van der Waals surface area contributed by atoms with E-state index < -0.39 is 34.1 Å². The third-order valence-corrected chi connectivity index (χ3v) is 5.10. The van der Waals surface area contributed by atoms with Gasteiger partial charge < -0.3 is 15.3 Å². The van der Waals surface area contributed by atoms with E-state index in [2.05, 4.69) is 5.32 Å². The Morgan fingerprint density at radius 1 is 1.53 bits per heavy atom. The molecule has 2 aliphatic rings. The molecule has 0 aromatic rings. The lowest BCUT2D eigenvalue weighted by Crippen LogP contribution is -2.71. The number of carbonyl (C=O) groups is 3. The number of carbonyl (C=O) groups excluding carboxylic acids is 2. The normalized spacial score (nSPS) is 33.4.